The van der Waals surface area contributed by atoms with Gasteiger partial charge in [-0.25, -0.2) is 39.1 Å². The number of thioether (sulfide) groups is 2. The number of nitrogens with zero attached hydrogens (tertiary/aromatic N) is 17. The van der Waals surface area contributed by atoms with Crippen molar-refractivity contribution in [3.05, 3.63) is 215 Å². The first-order valence-corrected chi connectivity index (χ1v) is 47.7. The molecule has 16 heterocycles. The van der Waals surface area contributed by atoms with Gasteiger partial charge < -0.3 is 122 Å². The SMILES string of the molecule is COC1C=CC(n2cnc3c(N(C)C)cc(C)cc32)O1.COC1CCC(n2ccc(N)nc2=O)O1.COC1CCC(n2cnc3c(C)cc(C)cc32)O1.COC1OC(n2cc(C)c(N)nc2=O)CS1.COCC1CCC(n2ccc(N)nc2=O)O1.COCC1CCC(n2cnc3c(C)cc(C)cc32)O1.COCC1OC(n2ccc(N)nc2=O)CS1.COCC1OCC(n2cnc3c(C)cc(C)cc32)O1. The van der Waals surface area contributed by atoms with Gasteiger partial charge in [-0.15, -0.1) is 11.8 Å². The van der Waals surface area contributed by atoms with Gasteiger partial charge in [-0.1, -0.05) is 30.0 Å². The van der Waals surface area contributed by atoms with Crippen molar-refractivity contribution >= 4 is 96.6 Å². The van der Waals surface area contributed by atoms with Gasteiger partial charge in [-0.3, -0.25) is 22.8 Å². The number of aromatic nitrogens is 16. The summed E-state index contributed by atoms with van der Waals surface area (Å²) in [6.07, 6.45) is 23.0. The minimum absolute atomic E-state index is 0.0283. The van der Waals surface area contributed by atoms with Crippen LogP contribution in [-0.2, 0) is 80.5 Å². The highest BCUT2D eigenvalue weighted by Crippen LogP contribution is 2.39. The Kier molecular flexibility index (Phi) is 37.5. The van der Waals surface area contributed by atoms with Crippen LogP contribution >= 0.6 is 23.5 Å². The number of anilines is 5. The van der Waals surface area contributed by atoms with Gasteiger partial charge in [0.25, 0.3) is 0 Å². The zero-order valence-electron chi connectivity index (χ0n) is 81.8. The average Bonchev–Trinajstić information content (AvgIpc) is 1.65. The first-order valence-electron chi connectivity index (χ1n) is 45.6. The Morgan fingerprint density at radius 2 is 0.806 bits per heavy atom. The van der Waals surface area contributed by atoms with Gasteiger partial charge in [-0.05, 0) is 194 Å². The Morgan fingerprint density at radius 1 is 0.388 bits per heavy atom. The normalized spacial score (nSPS) is 24.0. The zero-order valence-corrected chi connectivity index (χ0v) is 83.4. The third-order valence-electron chi connectivity index (χ3n) is 23.7. The number of imidazole rings is 4. The van der Waals surface area contributed by atoms with E-state index in [0.29, 0.717) is 44.5 Å². The van der Waals surface area contributed by atoms with Crippen LogP contribution in [0.4, 0.5) is 29.0 Å². The second kappa shape index (κ2) is 49.4. The smallest absolute Gasteiger partial charge is 0.351 e. The van der Waals surface area contributed by atoms with Crippen LogP contribution in [-0.4, -0.2) is 240 Å². The molecule has 0 spiro atoms. The molecular weight excluding hydrogens is 1840 g/mol. The topological polar surface area (TPSA) is 475 Å². The van der Waals surface area contributed by atoms with Crippen molar-refractivity contribution in [3.8, 4) is 0 Å². The van der Waals surface area contributed by atoms with E-state index in [1.807, 2.05) is 60.7 Å². The number of fused-ring (bicyclic) bond motifs is 4. The molecule has 752 valence electrons. The lowest BCUT2D eigenvalue weighted by Crippen LogP contribution is -2.29. The monoisotopic (exact) mass is 1960 g/mol. The summed E-state index contributed by atoms with van der Waals surface area (Å²) < 4.78 is 106. The zero-order chi connectivity index (χ0) is 99.4. The number of nitrogen functional groups attached to an aromatic ring is 4. The van der Waals surface area contributed by atoms with E-state index in [4.69, 9.17) is 103 Å². The van der Waals surface area contributed by atoms with Crippen molar-refractivity contribution in [3.63, 3.8) is 0 Å². The number of ether oxygens (including phenoxy) is 17. The van der Waals surface area contributed by atoms with Crippen LogP contribution in [0.1, 0.15) is 146 Å². The Balaban J connectivity index is 0.000000134. The van der Waals surface area contributed by atoms with E-state index in [1.54, 1.807) is 119 Å². The van der Waals surface area contributed by atoms with Crippen molar-refractivity contribution < 1.29 is 80.5 Å². The molecule has 16 unspecified atom stereocenters. The summed E-state index contributed by atoms with van der Waals surface area (Å²) in [5, 5.41) is 0. The Labute approximate surface area is 813 Å². The number of benzene rings is 4. The molecule has 0 saturated carbocycles. The molecule has 139 heavy (non-hydrogen) atoms. The molecule has 8 N–H and O–H groups in total. The lowest BCUT2D eigenvalue weighted by Gasteiger charge is -2.17. The first-order chi connectivity index (χ1) is 66.9. The number of aryl methyl sites for hydroxylation is 8. The lowest BCUT2D eigenvalue weighted by atomic mass is 10.1. The number of hydrogen-bond donors (Lipinski definition) is 4. The second-order valence-corrected chi connectivity index (χ2v) is 36.6. The maximum Gasteiger partial charge on any atom is 0.351 e. The van der Waals surface area contributed by atoms with Crippen LogP contribution in [0.5, 0.6) is 0 Å². The third-order valence-corrected chi connectivity index (χ3v) is 25.8. The highest BCUT2D eigenvalue weighted by molar-refractivity contribution is 8.00. The van der Waals surface area contributed by atoms with Gasteiger partial charge in [0.1, 0.15) is 65.4 Å². The van der Waals surface area contributed by atoms with Gasteiger partial charge in [-0.2, -0.15) is 19.9 Å². The molecular formula is C95H129N21O21S2. The van der Waals surface area contributed by atoms with Crippen LogP contribution in [0.3, 0.4) is 0 Å². The summed E-state index contributed by atoms with van der Waals surface area (Å²) in [6.45, 7) is 19.2. The number of hydrogen-bond acceptors (Lipinski definition) is 36. The van der Waals surface area contributed by atoms with Crippen molar-refractivity contribution in [1.82, 2.24) is 76.4 Å². The predicted molar refractivity (Wildman–Crippen MR) is 527 cm³/mol. The van der Waals surface area contributed by atoms with Crippen molar-refractivity contribution in [2.75, 3.05) is 143 Å². The van der Waals surface area contributed by atoms with Gasteiger partial charge in [0.05, 0.1) is 115 Å². The molecule has 7 saturated heterocycles. The summed E-state index contributed by atoms with van der Waals surface area (Å²) in [6, 6.07) is 22.0. The fourth-order valence-electron chi connectivity index (χ4n) is 17.0. The molecule has 7 fully saturated rings. The molecule has 44 heteroatoms. The van der Waals surface area contributed by atoms with Crippen LogP contribution in [0.2, 0.25) is 0 Å². The van der Waals surface area contributed by atoms with E-state index in [2.05, 4.69) is 151 Å². The quantitative estimate of drug-likeness (QED) is 0.0485. The van der Waals surface area contributed by atoms with Crippen molar-refractivity contribution in [1.29, 1.82) is 0 Å². The molecule has 0 radical (unpaired) electrons. The highest BCUT2D eigenvalue weighted by Gasteiger charge is 2.35. The molecule has 8 aliphatic heterocycles. The van der Waals surface area contributed by atoms with Gasteiger partial charge in [0.2, 0.25) is 5.62 Å². The van der Waals surface area contributed by atoms with E-state index < -0.39 is 11.4 Å². The minimum Gasteiger partial charge on any atom is -0.383 e. The van der Waals surface area contributed by atoms with Crippen LogP contribution in [0, 0.1) is 55.4 Å². The largest absolute Gasteiger partial charge is 0.383 e. The maximum atomic E-state index is 11.6. The Bertz CT molecular complexity index is 6180. The molecule has 8 aliphatic rings. The first kappa shape index (κ1) is 105. The van der Waals surface area contributed by atoms with Crippen molar-refractivity contribution in [2.45, 2.75) is 205 Å². The molecule has 4 aromatic carbocycles. The summed E-state index contributed by atoms with van der Waals surface area (Å²) in [4.78, 5) is 81.0. The molecule has 8 aromatic heterocycles. The van der Waals surface area contributed by atoms with Crippen molar-refractivity contribution in [2.24, 2.45) is 0 Å². The Morgan fingerprint density at radius 3 is 1.25 bits per heavy atom. The third kappa shape index (κ3) is 26.8. The van der Waals surface area contributed by atoms with E-state index in [0.717, 1.165) is 101 Å². The van der Waals surface area contributed by atoms with Crippen LogP contribution in [0.25, 0.3) is 44.1 Å². The van der Waals surface area contributed by atoms with E-state index in [9.17, 15) is 19.2 Å². The second-order valence-electron chi connectivity index (χ2n) is 34.4. The summed E-state index contributed by atoms with van der Waals surface area (Å²) in [5.74, 6) is 2.30. The van der Waals surface area contributed by atoms with E-state index >= 15 is 0 Å². The van der Waals surface area contributed by atoms with E-state index in [-0.39, 0.29) is 133 Å². The van der Waals surface area contributed by atoms with Gasteiger partial charge >= 0.3 is 22.8 Å². The van der Waals surface area contributed by atoms with Crippen LogP contribution < -0.4 is 50.6 Å². The number of methoxy groups -OCH3 is 8. The van der Waals surface area contributed by atoms with Crippen LogP contribution in [0.15, 0.2) is 148 Å². The standard InChI is InChI=1S/C15H19N3O2.C15H20N2O2.C14H18N2O3.C14H18N2O2.C10H15N3O3.2C9H13N3O3S.C9H13N3O3/c1-10-7-11(17(2)3)15-12(8-10)18(9-16-15)13-5-6-14(19-4)20-13;1-10-6-11(2)15-13(7-10)17(9-16-15)14-5-4-12(19-14)8-18-3;1-9-4-10(2)14-11(5-9)16(8-15-14)12-6-18-13(19-12)7-17-3;1-9-6-10(2)14-11(7-9)16(8-15-14)12-4-5-13(17-3)18-12;1-15-6-7-2-3-9(16-7)13-5-4-8(11)12-10(13)14;1-5-3-12(8(13)11-7(5)10)6-4-16-9(14-2)15-6;1-14-4-8-15-7(5-16-8)12-3-2-6(10)11-9(12)13;1-14-8-3-2-7(15-8)12-5-4-6(10)11-9(12)13/h5-9,13-14H,1-4H3;6-7,9,12,14H,4-5,8H2,1-3H3;4-5,8,12-13H,6-7H2,1-3H3;6-8,12-13H,4-5H2,1-3H3;4-5,7,9H,2-3,6H2,1H3,(H2,11,12,14);3,6,9H,4H2,1-2H3,(H2,10,11,13);2-3,7-8H,4-5H2,1H3,(H2,10,11,13);4-5,7-8H,2-3H2,1H3,(H2,10,11,13). The molecule has 0 bridgehead atoms. The molecule has 12 aromatic rings. The van der Waals surface area contributed by atoms with E-state index in [1.165, 1.54) is 74.5 Å². The lowest BCUT2D eigenvalue weighted by molar-refractivity contribution is -0.134. The molecule has 16 atom stereocenters. The Hall–Kier alpha value is -11.0. The average molecular weight is 1970 g/mol. The molecule has 0 aliphatic carbocycles. The summed E-state index contributed by atoms with van der Waals surface area (Å²) in [5.41, 5.74) is 38.9. The maximum absolute atomic E-state index is 11.6. The molecule has 0 amide bonds. The summed E-state index contributed by atoms with van der Waals surface area (Å²) in [7, 11) is 17.1. The van der Waals surface area contributed by atoms with Gasteiger partial charge in [0, 0.05) is 126 Å². The fraction of sp³-hybridized carbons (Fsp3) is 0.516. The number of nitrogens with two attached hydrogens (primary N) is 4. The molecule has 20 rings (SSSR count). The predicted octanol–water partition coefficient (Wildman–Crippen LogP) is 11.2. The van der Waals surface area contributed by atoms with Gasteiger partial charge in [0.15, 0.2) is 43.8 Å². The fourth-order valence-corrected chi connectivity index (χ4v) is 18.9. The highest BCUT2D eigenvalue weighted by atomic mass is 32.2. The minimum atomic E-state index is -0.398. The number of rotatable bonds is 21. The summed E-state index contributed by atoms with van der Waals surface area (Å²) >= 11 is 3.12. The molecule has 42 nitrogen and oxygen atoms in total.